The second-order valence-electron chi connectivity index (χ2n) is 9.68. The van der Waals surface area contributed by atoms with E-state index in [4.69, 9.17) is 0 Å². The minimum atomic E-state index is -0.228. The lowest BCUT2D eigenvalue weighted by Gasteiger charge is -2.55. The van der Waals surface area contributed by atoms with Crippen LogP contribution in [-0.4, -0.2) is 21.9 Å². The fourth-order valence-electron chi connectivity index (χ4n) is 6.28. The molecule has 4 aliphatic carbocycles. The molecule has 4 fully saturated rings. The number of carbonyl (C=O) groups is 2. The third kappa shape index (κ3) is 3.85. The highest BCUT2D eigenvalue weighted by atomic mass is 16.3. The Kier molecular flexibility index (Phi) is 4.84. The summed E-state index contributed by atoms with van der Waals surface area (Å²) in [5, 5.41) is 22.0. The van der Waals surface area contributed by atoms with Crippen molar-refractivity contribution in [3.05, 3.63) is 59.7 Å². The number of phenols is 2. The van der Waals surface area contributed by atoms with Crippen LogP contribution in [0.15, 0.2) is 48.5 Å². The van der Waals surface area contributed by atoms with E-state index in [2.05, 4.69) is 5.32 Å². The molecule has 0 heterocycles. The number of nitrogens with one attached hydrogen (secondary N) is 1. The highest BCUT2D eigenvalue weighted by molar-refractivity contribution is 6.07. The molecule has 31 heavy (non-hydrogen) atoms. The maximum atomic E-state index is 13.2. The molecule has 6 rings (SSSR count). The van der Waals surface area contributed by atoms with Gasteiger partial charge in [0.15, 0.2) is 17.3 Å². The van der Waals surface area contributed by atoms with Crippen LogP contribution in [0.25, 0.3) is 6.08 Å². The quantitative estimate of drug-likeness (QED) is 0.357. The van der Waals surface area contributed by atoms with Gasteiger partial charge in [-0.1, -0.05) is 12.1 Å². The molecule has 2 aromatic carbocycles. The summed E-state index contributed by atoms with van der Waals surface area (Å²) in [6, 6.07) is 11.4. The molecule has 0 saturated heterocycles. The zero-order valence-electron chi connectivity index (χ0n) is 17.4. The van der Waals surface area contributed by atoms with Crippen LogP contribution in [-0.2, 0) is 4.79 Å². The maximum absolute atomic E-state index is 13.2. The lowest BCUT2D eigenvalue weighted by atomic mass is 9.49. The Morgan fingerprint density at radius 3 is 2.06 bits per heavy atom. The number of carbonyl (C=O) groups excluding carboxylic acids is 2. The van der Waals surface area contributed by atoms with Crippen molar-refractivity contribution < 1.29 is 19.8 Å². The summed E-state index contributed by atoms with van der Waals surface area (Å²) in [6.07, 6.45) is 10.0. The average Bonchev–Trinajstić information content (AvgIpc) is 2.74. The fraction of sp³-hybridized carbons (Fsp3) is 0.385. The molecule has 160 valence electrons. The van der Waals surface area contributed by atoms with Gasteiger partial charge in [-0.3, -0.25) is 9.59 Å². The minimum Gasteiger partial charge on any atom is -0.504 e. The van der Waals surface area contributed by atoms with E-state index in [1.807, 2.05) is 0 Å². The van der Waals surface area contributed by atoms with Gasteiger partial charge in [0, 0.05) is 11.3 Å². The van der Waals surface area contributed by atoms with Gasteiger partial charge in [0.2, 0.25) is 5.91 Å². The molecule has 1 amide bonds. The molecule has 0 unspecified atom stereocenters. The Labute approximate surface area is 181 Å². The monoisotopic (exact) mass is 417 g/mol. The van der Waals surface area contributed by atoms with Crippen molar-refractivity contribution in [3.8, 4) is 11.5 Å². The summed E-state index contributed by atoms with van der Waals surface area (Å²) >= 11 is 0. The summed E-state index contributed by atoms with van der Waals surface area (Å²) in [5.74, 6) is 1.71. The van der Waals surface area contributed by atoms with Crippen molar-refractivity contribution in [1.82, 2.24) is 0 Å². The third-order valence-electron chi connectivity index (χ3n) is 7.37. The smallest absolute Gasteiger partial charge is 0.230 e. The molecule has 4 saturated carbocycles. The average molecular weight is 418 g/mol. The first-order chi connectivity index (χ1) is 14.9. The molecular formula is C26H27NO4. The van der Waals surface area contributed by atoms with Gasteiger partial charge in [0.1, 0.15) is 0 Å². The summed E-state index contributed by atoms with van der Waals surface area (Å²) in [5.41, 5.74) is 1.67. The van der Waals surface area contributed by atoms with E-state index in [0.717, 1.165) is 42.7 Å². The van der Waals surface area contributed by atoms with Gasteiger partial charge in [-0.15, -0.1) is 0 Å². The summed E-state index contributed by atoms with van der Waals surface area (Å²) < 4.78 is 0. The number of hydrogen-bond acceptors (Lipinski definition) is 4. The van der Waals surface area contributed by atoms with Crippen LogP contribution in [0, 0.1) is 23.2 Å². The molecule has 5 heteroatoms. The molecule has 3 N–H and O–H groups in total. The molecule has 5 nitrogen and oxygen atoms in total. The van der Waals surface area contributed by atoms with Crippen LogP contribution in [0.1, 0.15) is 54.4 Å². The number of rotatable bonds is 5. The van der Waals surface area contributed by atoms with Crippen molar-refractivity contribution in [2.45, 2.75) is 38.5 Å². The molecule has 0 aliphatic heterocycles. The summed E-state index contributed by atoms with van der Waals surface area (Å²) in [4.78, 5) is 25.6. The van der Waals surface area contributed by atoms with Gasteiger partial charge in [0.05, 0.1) is 5.41 Å². The van der Waals surface area contributed by atoms with E-state index in [-0.39, 0.29) is 28.6 Å². The number of benzene rings is 2. The predicted molar refractivity (Wildman–Crippen MR) is 119 cm³/mol. The largest absolute Gasteiger partial charge is 0.504 e. The van der Waals surface area contributed by atoms with Crippen molar-refractivity contribution >= 4 is 23.5 Å². The van der Waals surface area contributed by atoms with Gasteiger partial charge >= 0.3 is 0 Å². The van der Waals surface area contributed by atoms with E-state index >= 15 is 0 Å². The topological polar surface area (TPSA) is 86.6 Å². The van der Waals surface area contributed by atoms with E-state index in [1.165, 1.54) is 37.5 Å². The fourth-order valence-corrected chi connectivity index (χ4v) is 6.28. The van der Waals surface area contributed by atoms with Crippen molar-refractivity contribution in [3.63, 3.8) is 0 Å². The highest BCUT2D eigenvalue weighted by Gasteiger charge is 2.54. The molecule has 0 spiro atoms. The van der Waals surface area contributed by atoms with Crippen LogP contribution >= 0.6 is 0 Å². The van der Waals surface area contributed by atoms with Crippen molar-refractivity contribution in [2.24, 2.45) is 23.2 Å². The molecule has 0 radical (unpaired) electrons. The zero-order chi connectivity index (χ0) is 21.6. The standard InChI is InChI=1S/C26H27NO4/c28-22(7-1-16-2-8-23(29)24(30)12-16)20-3-5-21(6-4-20)27-25(31)26-13-17-9-18(14-26)11-19(10-17)15-26/h1-8,12,17-19,29-30H,9-11,13-15H2,(H,27,31)/b7-1+. The molecule has 2 aromatic rings. The van der Waals surface area contributed by atoms with Gasteiger partial charge in [0.25, 0.3) is 0 Å². The Morgan fingerprint density at radius 1 is 0.871 bits per heavy atom. The summed E-state index contributed by atoms with van der Waals surface area (Å²) in [7, 11) is 0. The third-order valence-corrected chi connectivity index (χ3v) is 7.37. The molecule has 4 bridgehead atoms. The Hall–Kier alpha value is -3.08. The Morgan fingerprint density at radius 2 is 1.48 bits per heavy atom. The van der Waals surface area contributed by atoms with E-state index in [9.17, 15) is 19.8 Å². The van der Waals surface area contributed by atoms with Crippen LogP contribution in [0.3, 0.4) is 0 Å². The van der Waals surface area contributed by atoms with E-state index < -0.39 is 0 Å². The molecule has 4 aliphatic rings. The lowest BCUT2D eigenvalue weighted by Crippen LogP contribution is -2.51. The second-order valence-corrected chi connectivity index (χ2v) is 9.68. The zero-order valence-corrected chi connectivity index (χ0v) is 17.4. The predicted octanol–water partition coefficient (Wildman–Crippen LogP) is 5.15. The Balaban J connectivity index is 1.24. The lowest BCUT2D eigenvalue weighted by molar-refractivity contribution is -0.140. The number of allylic oxidation sites excluding steroid dienone is 1. The normalized spacial score (nSPS) is 28.7. The second kappa shape index (κ2) is 7.56. The van der Waals surface area contributed by atoms with E-state index in [0.29, 0.717) is 11.1 Å². The SMILES string of the molecule is O=C(/C=C/c1ccc(O)c(O)c1)c1ccc(NC(=O)C23CC4CC(CC(C4)C2)C3)cc1. The van der Waals surface area contributed by atoms with Gasteiger partial charge in [-0.05, 0) is 104 Å². The molecule has 0 atom stereocenters. The van der Waals surface area contributed by atoms with Crippen LogP contribution in [0.2, 0.25) is 0 Å². The molecule has 0 aromatic heterocycles. The van der Waals surface area contributed by atoms with Crippen LogP contribution in [0.5, 0.6) is 11.5 Å². The first-order valence-electron chi connectivity index (χ1n) is 11.1. The Bertz CT molecular complexity index is 1020. The first-order valence-corrected chi connectivity index (χ1v) is 11.1. The number of aromatic hydroxyl groups is 2. The maximum Gasteiger partial charge on any atom is 0.230 e. The summed E-state index contributed by atoms with van der Waals surface area (Å²) in [6.45, 7) is 0. The van der Waals surface area contributed by atoms with Crippen LogP contribution < -0.4 is 5.32 Å². The van der Waals surface area contributed by atoms with Crippen molar-refractivity contribution in [2.75, 3.05) is 5.32 Å². The number of amides is 1. The van der Waals surface area contributed by atoms with Crippen LogP contribution in [0.4, 0.5) is 5.69 Å². The van der Waals surface area contributed by atoms with Gasteiger partial charge < -0.3 is 15.5 Å². The molecular weight excluding hydrogens is 390 g/mol. The minimum absolute atomic E-state index is 0.151. The number of ketones is 1. The number of hydrogen-bond donors (Lipinski definition) is 3. The highest BCUT2D eigenvalue weighted by Crippen LogP contribution is 2.60. The van der Waals surface area contributed by atoms with E-state index in [1.54, 1.807) is 36.4 Å². The van der Waals surface area contributed by atoms with Gasteiger partial charge in [-0.25, -0.2) is 0 Å². The number of anilines is 1. The van der Waals surface area contributed by atoms with Crippen molar-refractivity contribution in [1.29, 1.82) is 0 Å². The number of phenolic OH excluding ortho intramolecular Hbond substituents is 2. The first kappa shape index (κ1) is 19.9. The van der Waals surface area contributed by atoms with Gasteiger partial charge in [-0.2, -0.15) is 0 Å².